The van der Waals surface area contributed by atoms with Crippen LogP contribution in [0.1, 0.15) is 30.2 Å². The van der Waals surface area contributed by atoms with Gasteiger partial charge in [-0.2, -0.15) is 0 Å². The summed E-state index contributed by atoms with van der Waals surface area (Å²) >= 11 is 5.87. The minimum Gasteiger partial charge on any atom is -0.236 e. The van der Waals surface area contributed by atoms with Gasteiger partial charge in [-0.25, -0.2) is 14.4 Å². The van der Waals surface area contributed by atoms with Gasteiger partial charge in [-0.3, -0.25) is 0 Å². The standard InChI is InChI=1S/C15H16ClFN2/c1-3-4-14-12(8-16)9-18-15(19-14)11-6-5-10(2)13(17)7-11/h5-7,9H,3-4,8H2,1-2H3. The van der Waals surface area contributed by atoms with Gasteiger partial charge in [-0.05, 0) is 25.0 Å². The average molecular weight is 279 g/mol. The van der Waals surface area contributed by atoms with Crippen LogP contribution in [0, 0.1) is 12.7 Å². The van der Waals surface area contributed by atoms with Crippen LogP contribution < -0.4 is 0 Å². The van der Waals surface area contributed by atoms with Crippen LogP contribution in [0.15, 0.2) is 24.4 Å². The summed E-state index contributed by atoms with van der Waals surface area (Å²) in [5, 5.41) is 0. The number of aryl methyl sites for hydroxylation is 2. The Morgan fingerprint density at radius 3 is 2.74 bits per heavy atom. The molecule has 0 aliphatic rings. The van der Waals surface area contributed by atoms with E-state index in [0.29, 0.717) is 22.8 Å². The van der Waals surface area contributed by atoms with Crippen molar-refractivity contribution in [3.05, 3.63) is 47.0 Å². The largest absolute Gasteiger partial charge is 0.236 e. The molecule has 0 fully saturated rings. The second-order valence-corrected chi connectivity index (χ2v) is 4.78. The lowest BCUT2D eigenvalue weighted by molar-refractivity contribution is 0.619. The Morgan fingerprint density at radius 2 is 2.11 bits per heavy atom. The Labute approximate surface area is 117 Å². The van der Waals surface area contributed by atoms with Gasteiger partial charge in [0.2, 0.25) is 0 Å². The molecule has 1 aromatic carbocycles. The van der Waals surface area contributed by atoms with Crippen molar-refractivity contribution in [2.45, 2.75) is 32.6 Å². The lowest BCUT2D eigenvalue weighted by Crippen LogP contribution is -2.01. The molecule has 4 heteroatoms. The zero-order chi connectivity index (χ0) is 13.8. The molecular formula is C15H16ClFN2. The highest BCUT2D eigenvalue weighted by Gasteiger charge is 2.09. The zero-order valence-electron chi connectivity index (χ0n) is 11.1. The molecule has 0 amide bonds. The second kappa shape index (κ2) is 6.11. The van der Waals surface area contributed by atoms with E-state index >= 15 is 0 Å². The fraction of sp³-hybridized carbons (Fsp3) is 0.333. The summed E-state index contributed by atoms with van der Waals surface area (Å²) in [6.45, 7) is 3.82. The van der Waals surface area contributed by atoms with Crippen LogP contribution in [0.5, 0.6) is 0 Å². The summed E-state index contributed by atoms with van der Waals surface area (Å²) < 4.78 is 13.6. The number of nitrogens with zero attached hydrogens (tertiary/aromatic N) is 2. The molecular weight excluding hydrogens is 263 g/mol. The number of halogens is 2. The number of hydrogen-bond donors (Lipinski definition) is 0. The Bertz CT molecular complexity index is 584. The van der Waals surface area contributed by atoms with E-state index in [-0.39, 0.29) is 5.82 Å². The molecule has 2 aromatic rings. The predicted molar refractivity (Wildman–Crippen MR) is 75.7 cm³/mol. The Morgan fingerprint density at radius 1 is 1.32 bits per heavy atom. The first-order valence-electron chi connectivity index (χ1n) is 6.33. The third kappa shape index (κ3) is 3.10. The molecule has 2 nitrogen and oxygen atoms in total. The molecule has 0 spiro atoms. The van der Waals surface area contributed by atoms with E-state index in [4.69, 9.17) is 11.6 Å². The highest BCUT2D eigenvalue weighted by molar-refractivity contribution is 6.17. The Kier molecular flexibility index (Phi) is 4.48. The van der Waals surface area contributed by atoms with Crippen LogP contribution in [-0.2, 0) is 12.3 Å². The molecule has 0 saturated heterocycles. The van der Waals surface area contributed by atoms with E-state index in [1.54, 1.807) is 19.2 Å². The van der Waals surface area contributed by atoms with Gasteiger partial charge < -0.3 is 0 Å². The van der Waals surface area contributed by atoms with Crippen molar-refractivity contribution in [3.8, 4) is 11.4 Å². The summed E-state index contributed by atoms with van der Waals surface area (Å²) in [4.78, 5) is 8.78. The molecule has 0 aliphatic heterocycles. The molecule has 19 heavy (non-hydrogen) atoms. The third-order valence-corrected chi connectivity index (χ3v) is 3.30. The average Bonchev–Trinajstić information content (AvgIpc) is 2.42. The zero-order valence-corrected chi connectivity index (χ0v) is 11.8. The van der Waals surface area contributed by atoms with Crippen molar-refractivity contribution < 1.29 is 4.39 Å². The van der Waals surface area contributed by atoms with E-state index in [9.17, 15) is 4.39 Å². The Balaban J connectivity index is 2.44. The smallest absolute Gasteiger partial charge is 0.159 e. The fourth-order valence-corrected chi connectivity index (χ4v) is 2.10. The van der Waals surface area contributed by atoms with Crippen molar-refractivity contribution in [1.29, 1.82) is 0 Å². The van der Waals surface area contributed by atoms with Gasteiger partial charge in [0.15, 0.2) is 5.82 Å². The van der Waals surface area contributed by atoms with Gasteiger partial charge in [0.1, 0.15) is 5.82 Å². The summed E-state index contributed by atoms with van der Waals surface area (Å²) in [7, 11) is 0. The predicted octanol–water partition coefficient (Wildman–Crippen LogP) is 4.28. The highest BCUT2D eigenvalue weighted by atomic mass is 35.5. The molecule has 1 heterocycles. The molecule has 0 bridgehead atoms. The molecule has 0 N–H and O–H groups in total. The SMILES string of the molecule is CCCc1nc(-c2ccc(C)c(F)c2)ncc1CCl. The molecule has 2 rings (SSSR count). The topological polar surface area (TPSA) is 25.8 Å². The number of benzene rings is 1. The van der Waals surface area contributed by atoms with Gasteiger partial charge in [0, 0.05) is 23.0 Å². The van der Waals surface area contributed by atoms with Crippen molar-refractivity contribution in [1.82, 2.24) is 9.97 Å². The van der Waals surface area contributed by atoms with Gasteiger partial charge in [-0.1, -0.05) is 25.5 Å². The monoisotopic (exact) mass is 278 g/mol. The molecule has 100 valence electrons. The van der Waals surface area contributed by atoms with Gasteiger partial charge in [0.25, 0.3) is 0 Å². The third-order valence-electron chi connectivity index (χ3n) is 3.02. The molecule has 0 aliphatic carbocycles. The molecule has 0 saturated carbocycles. The second-order valence-electron chi connectivity index (χ2n) is 4.51. The van der Waals surface area contributed by atoms with Crippen LogP contribution in [0.4, 0.5) is 4.39 Å². The van der Waals surface area contributed by atoms with E-state index in [1.807, 2.05) is 6.07 Å². The normalized spacial score (nSPS) is 10.7. The first kappa shape index (κ1) is 13.9. The van der Waals surface area contributed by atoms with E-state index < -0.39 is 0 Å². The summed E-state index contributed by atoms with van der Waals surface area (Å²) in [5.41, 5.74) is 3.21. The van der Waals surface area contributed by atoms with E-state index in [1.165, 1.54) is 6.07 Å². The van der Waals surface area contributed by atoms with Crippen LogP contribution >= 0.6 is 11.6 Å². The highest BCUT2D eigenvalue weighted by Crippen LogP contribution is 2.20. The fourth-order valence-electron chi connectivity index (χ4n) is 1.88. The lowest BCUT2D eigenvalue weighted by Gasteiger charge is -2.08. The van der Waals surface area contributed by atoms with Crippen LogP contribution in [-0.4, -0.2) is 9.97 Å². The van der Waals surface area contributed by atoms with E-state index in [0.717, 1.165) is 24.1 Å². The van der Waals surface area contributed by atoms with Crippen molar-refractivity contribution in [2.24, 2.45) is 0 Å². The molecule has 0 atom stereocenters. The lowest BCUT2D eigenvalue weighted by atomic mass is 10.1. The number of rotatable bonds is 4. The maximum Gasteiger partial charge on any atom is 0.159 e. The first-order valence-corrected chi connectivity index (χ1v) is 6.86. The van der Waals surface area contributed by atoms with Crippen LogP contribution in [0.25, 0.3) is 11.4 Å². The maximum absolute atomic E-state index is 13.6. The first-order chi connectivity index (χ1) is 9.15. The van der Waals surface area contributed by atoms with Crippen molar-refractivity contribution in [2.75, 3.05) is 0 Å². The van der Waals surface area contributed by atoms with Gasteiger partial charge in [0.05, 0.1) is 5.88 Å². The summed E-state index contributed by atoms with van der Waals surface area (Å²) in [5.74, 6) is 0.716. The minimum absolute atomic E-state index is 0.237. The number of hydrogen-bond acceptors (Lipinski definition) is 2. The quantitative estimate of drug-likeness (QED) is 0.780. The van der Waals surface area contributed by atoms with Crippen LogP contribution in [0.3, 0.4) is 0 Å². The number of alkyl halides is 1. The van der Waals surface area contributed by atoms with Crippen LogP contribution in [0.2, 0.25) is 0 Å². The van der Waals surface area contributed by atoms with E-state index in [2.05, 4.69) is 16.9 Å². The minimum atomic E-state index is -0.237. The van der Waals surface area contributed by atoms with Crippen molar-refractivity contribution >= 4 is 11.6 Å². The molecule has 0 radical (unpaired) electrons. The van der Waals surface area contributed by atoms with Crippen molar-refractivity contribution in [3.63, 3.8) is 0 Å². The maximum atomic E-state index is 13.6. The van der Waals surface area contributed by atoms with Gasteiger partial charge in [-0.15, -0.1) is 11.6 Å². The molecule has 1 aromatic heterocycles. The van der Waals surface area contributed by atoms with Gasteiger partial charge >= 0.3 is 0 Å². The Hall–Kier alpha value is -1.48. The molecule has 0 unspecified atom stereocenters. The summed E-state index contributed by atoms with van der Waals surface area (Å²) in [6.07, 6.45) is 3.58. The summed E-state index contributed by atoms with van der Waals surface area (Å²) in [6, 6.07) is 5.05. The number of aromatic nitrogens is 2.